The van der Waals surface area contributed by atoms with Gasteiger partial charge in [-0.25, -0.2) is 14.3 Å². The van der Waals surface area contributed by atoms with Gasteiger partial charge in [0, 0.05) is 12.4 Å². The number of hydrogen-bond donors (Lipinski definition) is 2. The van der Waals surface area contributed by atoms with Crippen molar-refractivity contribution in [2.24, 2.45) is 0 Å². The van der Waals surface area contributed by atoms with Crippen molar-refractivity contribution in [1.29, 1.82) is 0 Å². The van der Waals surface area contributed by atoms with Crippen LogP contribution in [0.1, 0.15) is 23.0 Å². The Morgan fingerprint density at radius 2 is 2.40 bits per heavy atom. The Labute approximate surface area is 85.3 Å². The zero-order chi connectivity index (χ0) is 11.0. The van der Waals surface area contributed by atoms with E-state index in [0.717, 1.165) is 12.0 Å². The third-order valence-corrected chi connectivity index (χ3v) is 2.17. The second kappa shape index (κ2) is 3.23. The van der Waals surface area contributed by atoms with E-state index in [9.17, 15) is 4.79 Å². The van der Waals surface area contributed by atoms with Crippen LogP contribution < -0.4 is 5.73 Å². The number of carboxylic acid groups (broad SMARTS) is 1. The summed E-state index contributed by atoms with van der Waals surface area (Å²) in [5.41, 5.74) is 6.90. The third kappa shape index (κ3) is 1.39. The van der Waals surface area contributed by atoms with E-state index in [4.69, 9.17) is 10.8 Å². The van der Waals surface area contributed by atoms with Gasteiger partial charge in [-0.3, -0.25) is 0 Å². The van der Waals surface area contributed by atoms with Crippen LogP contribution in [0.3, 0.4) is 0 Å². The van der Waals surface area contributed by atoms with Gasteiger partial charge in [0.1, 0.15) is 5.69 Å². The molecule has 2 heterocycles. The number of hydrogen-bond acceptors (Lipinski definition) is 4. The van der Waals surface area contributed by atoms with Crippen molar-refractivity contribution >= 4 is 17.3 Å². The minimum absolute atomic E-state index is 0.102. The molecule has 0 aliphatic carbocycles. The summed E-state index contributed by atoms with van der Waals surface area (Å²) < 4.78 is 1.40. The van der Waals surface area contributed by atoms with Gasteiger partial charge in [0.25, 0.3) is 0 Å². The fourth-order valence-corrected chi connectivity index (χ4v) is 1.33. The van der Waals surface area contributed by atoms with Gasteiger partial charge in [0.2, 0.25) is 0 Å². The maximum atomic E-state index is 10.8. The fourth-order valence-electron chi connectivity index (χ4n) is 1.33. The summed E-state index contributed by atoms with van der Waals surface area (Å²) in [4.78, 5) is 14.8. The number of rotatable bonds is 2. The van der Waals surface area contributed by atoms with E-state index < -0.39 is 5.97 Å². The van der Waals surface area contributed by atoms with Crippen molar-refractivity contribution in [3.8, 4) is 0 Å². The molecule has 0 bridgehead atoms. The first-order valence-corrected chi connectivity index (χ1v) is 4.49. The molecule has 0 atom stereocenters. The van der Waals surface area contributed by atoms with Crippen molar-refractivity contribution < 1.29 is 9.90 Å². The summed E-state index contributed by atoms with van der Waals surface area (Å²) >= 11 is 0. The number of nitrogens with two attached hydrogens (primary N) is 1. The van der Waals surface area contributed by atoms with Gasteiger partial charge >= 0.3 is 5.97 Å². The van der Waals surface area contributed by atoms with E-state index in [2.05, 4.69) is 10.1 Å². The van der Waals surface area contributed by atoms with E-state index in [1.54, 1.807) is 12.4 Å². The molecule has 2 aromatic rings. The number of carboxylic acids is 1. The summed E-state index contributed by atoms with van der Waals surface area (Å²) in [5.74, 6) is -1.14. The molecule has 0 aliphatic rings. The average Bonchev–Trinajstić information content (AvgIpc) is 2.55. The van der Waals surface area contributed by atoms with Crippen LogP contribution in [0.5, 0.6) is 0 Å². The largest absolute Gasteiger partial charge is 0.476 e. The van der Waals surface area contributed by atoms with E-state index in [0.29, 0.717) is 5.65 Å². The quantitative estimate of drug-likeness (QED) is 0.749. The molecular weight excluding hydrogens is 196 g/mol. The second-order valence-electron chi connectivity index (χ2n) is 3.15. The van der Waals surface area contributed by atoms with E-state index in [1.165, 1.54) is 4.52 Å². The normalized spacial score (nSPS) is 10.7. The molecule has 0 saturated carbocycles. The van der Waals surface area contributed by atoms with Gasteiger partial charge in [0.05, 0.1) is 0 Å². The molecule has 0 spiro atoms. The molecule has 78 valence electrons. The number of anilines is 1. The van der Waals surface area contributed by atoms with Crippen LogP contribution in [-0.4, -0.2) is 25.7 Å². The van der Waals surface area contributed by atoms with Crippen molar-refractivity contribution in [1.82, 2.24) is 14.6 Å². The SMILES string of the molecule is CCc1cnc2c(N)c(C(=O)O)nn2c1. The topological polar surface area (TPSA) is 93.5 Å². The Hall–Kier alpha value is -2.11. The molecule has 0 radical (unpaired) electrons. The molecular formula is C9H10N4O2. The number of nitrogen functional groups attached to an aromatic ring is 1. The minimum Gasteiger partial charge on any atom is -0.476 e. The zero-order valence-electron chi connectivity index (χ0n) is 8.14. The Balaban J connectivity index is 2.70. The lowest BCUT2D eigenvalue weighted by molar-refractivity contribution is 0.0691. The lowest BCUT2D eigenvalue weighted by atomic mass is 10.3. The first-order chi connectivity index (χ1) is 7.13. The molecule has 2 rings (SSSR count). The number of aromatic nitrogens is 3. The molecule has 0 saturated heterocycles. The maximum Gasteiger partial charge on any atom is 0.358 e. The summed E-state index contributed by atoms with van der Waals surface area (Å²) in [6.07, 6.45) is 4.20. The summed E-state index contributed by atoms with van der Waals surface area (Å²) in [7, 11) is 0. The standard InChI is InChI=1S/C9H10N4O2/c1-2-5-3-11-8-6(10)7(9(14)15)12-13(8)4-5/h3-4H,2,10H2,1H3,(H,14,15). The van der Waals surface area contributed by atoms with E-state index >= 15 is 0 Å². The molecule has 0 aliphatic heterocycles. The van der Waals surface area contributed by atoms with Crippen LogP contribution in [0.25, 0.3) is 5.65 Å². The van der Waals surface area contributed by atoms with Crippen LogP contribution in [0.2, 0.25) is 0 Å². The highest BCUT2D eigenvalue weighted by atomic mass is 16.4. The Morgan fingerprint density at radius 3 is 3.00 bits per heavy atom. The zero-order valence-corrected chi connectivity index (χ0v) is 8.14. The summed E-state index contributed by atoms with van der Waals surface area (Å²) in [6, 6.07) is 0. The minimum atomic E-state index is -1.14. The average molecular weight is 206 g/mol. The number of nitrogens with zero attached hydrogens (tertiary/aromatic N) is 3. The first kappa shape index (κ1) is 9.45. The maximum absolute atomic E-state index is 10.8. The van der Waals surface area contributed by atoms with Gasteiger partial charge in [-0.05, 0) is 12.0 Å². The highest BCUT2D eigenvalue weighted by Crippen LogP contribution is 2.16. The van der Waals surface area contributed by atoms with E-state index in [-0.39, 0.29) is 11.4 Å². The monoisotopic (exact) mass is 206 g/mol. The molecule has 0 fully saturated rings. The molecule has 3 N–H and O–H groups in total. The summed E-state index contributed by atoms with van der Waals surface area (Å²) in [6.45, 7) is 1.98. The molecule has 6 heteroatoms. The van der Waals surface area contributed by atoms with Gasteiger partial charge < -0.3 is 10.8 Å². The molecule has 15 heavy (non-hydrogen) atoms. The van der Waals surface area contributed by atoms with Gasteiger partial charge in [-0.2, -0.15) is 5.10 Å². The van der Waals surface area contributed by atoms with Crippen LogP contribution >= 0.6 is 0 Å². The lowest BCUT2D eigenvalue weighted by Gasteiger charge is -1.96. The molecule has 6 nitrogen and oxygen atoms in total. The Bertz CT molecular complexity index is 532. The van der Waals surface area contributed by atoms with Gasteiger partial charge in [-0.15, -0.1) is 0 Å². The van der Waals surface area contributed by atoms with Crippen LogP contribution in [0.4, 0.5) is 5.69 Å². The molecule has 2 aromatic heterocycles. The summed E-state index contributed by atoms with van der Waals surface area (Å²) in [5, 5.41) is 12.7. The fraction of sp³-hybridized carbons (Fsp3) is 0.222. The first-order valence-electron chi connectivity index (χ1n) is 4.49. The Kier molecular flexibility index (Phi) is 2.03. The predicted molar refractivity (Wildman–Crippen MR) is 53.7 cm³/mol. The highest BCUT2D eigenvalue weighted by Gasteiger charge is 2.16. The molecule has 0 unspecified atom stereocenters. The van der Waals surface area contributed by atoms with Crippen LogP contribution in [0.15, 0.2) is 12.4 Å². The second-order valence-corrected chi connectivity index (χ2v) is 3.15. The van der Waals surface area contributed by atoms with Crippen LogP contribution in [-0.2, 0) is 6.42 Å². The number of carbonyl (C=O) groups is 1. The third-order valence-electron chi connectivity index (χ3n) is 2.17. The predicted octanol–water partition coefficient (Wildman–Crippen LogP) is 0.572. The van der Waals surface area contributed by atoms with Crippen LogP contribution in [0, 0.1) is 0 Å². The number of aryl methyl sites for hydroxylation is 1. The van der Waals surface area contributed by atoms with Crippen molar-refractivity contribution in [2.45, 2.75) is 13.3 Å². The van der Waals surface area contributed by atoms with Crippen molar-refractivity contribution in [2.75, 3.05) is 5.73 Å². The number of aromatic carboxylic acids is 1. The Morgan fingerprint density at radius 1 is 1.67 bits per heavy atom. The van der Waals surface area contributed by atoms with Gasteiger partial charge in [0.15, 0.2) is 11.3 Å². The highest BCUT2D eigenvalue weighted by molar-refractivity contribution is 5.95. The molecule has 0 aromatic carbocycles. The van der Waals surface area contributed by atoms with Crippen molar-refractivity contribution in [3.05, 3.63) is 23.7 Å². The lowest BCUT2D eigenvalue weighted by Crippen LogP contribution is -2.01. The van der Waals surface area contributed by atoms with Gasteiger partial charge in [-0.1, -0.05) is 6.92 Å². The number of fused-ring (bicyclic) bond motifs is 1. The van der Waals surface area contributed by atoms with Crippen molar-refractivity contribution in [3.63, 3.8) is 0 Å². The molecule has 0 amide bonds. The van der Waals surface area contributed by atoms with E-state index in [1.807, 2.05) is 6.92 Å². The smallest absolute Gasteiger partial charge is 0.358 e.